The number of carbonyl (C=O) groups is 1. The number of rotatable bonds is 8. The molecule has 1 fully saturated rings. The Morgan fingerprint density at radius 3 is 2.50 bits per heavy atom. The summed E-state index contributed by atoms with van der Waals surface area (Å²) in [5.74, 6) is 1.26. The van der Waals surface area contributed by atoms with Gasteiger partial charge >= 0.3 is 6.18 Å². The normalized spacial score (nSPS) is 15.2. The summed E-state index contributed by atoms with van der Waals surface area (Å²) < 4.78 is 39.3. The number of benzene rings is 1. The number of alkyl halides is 3. The molecule has 3 N–H and O–H groups in total. The number of hydrogen-bond acceptors (Lipinski definition) is 8. The maximum Gasteiger partial charge on any atom is 0.420 e. The molecule has 0 atom stereocenters. The van der Waals surface area contributed by atoms with Gasteiger partial charge in [-0.25, -0.2) is 9.97 Å². The number of Topliss-reactive ketones (excluding diaryl/α,β-unsaturated/α-hetero) is 1. The third kappa shape index (κ3) is 5.33. The monoisotopic (exact) mass is 492 g/mol. The Hall–Kier alpha value is -3.12. The minimum absolute atomic E-state index is 0.147. The third-order valence-electron chi connectivity index (χ3n) is 5.34. The van der Waals surface area contributed by atoms with E-state index in [2.05, 4.69) is 25.5 Å². The molecule has 1 aromatic carbocycles. The lowest BCUT2D eigenvalue weighted by molar-refractivity contribution is -0.267. The van der Waals surface area contributed by atoms with Crippen molar-refractivity contribution >= 4 is 35.0 Å². The largest absolute Gasteiger partial charge is 0.420 e. The van der Waals surface area contributed by atoms with Crippen LogP contribution in [0, 0.1) is 6.92 Å². The zero-order valence-electron chi connectivity index (χ0n) is 18.5. The Kier molecular flexibility index (Phi) is 6.54. The van der Waals surface area contributed by atoms with Crippen molar-refractivity contribution in [2.75, 3.05) is 23.3 Å². The van der Waals surface area contributed by atoms with Crippen LogP contribution in [-0.4, -0.2) is 55.9 Å². The van der Waals surface area contributed by atoms with E-state index in [4.69, 9.17) is 0 Å². The van der Waals surface area contributed by atoms with Crippen molar-refractivity contribution in [2.45, 2.75) is 48.5 Å². The SMILES string of the molecule is CCC(=O)Cc1ccc(Sc2nc(Nc3cc(C)[nH]n3)cc(N3CC(O)(C(F)(F)F)C3)n2)cc1. The van der Waals surface area contributed by atoms with Gasteiger partial charge in [0.2, 0.25) is 0 Å². The van der Waals surface area contributed by atoms with Gasteiger partial charge in [0.05, 0.1) is 13.1 Å². The summed E-state index contributed by atoms with van der Waals surface area (Å²) in [6.45, 7) is 2.43. The van der Waals surface area contributed by atoms with E-state index in [-0.39, 0.29) is 11.6 Å². The first-order valence-electron chi connectivity index (χ1n) is 10.6. The minimum atomic E-state index is -4.72. The standard InChI is InChI=1S/C22H23F3N6O2S/c1-3-15(32)9-14-4-6-16(7-5-14)34-20-27-17(26-18-8-13(2)29-30-18)10-19(28-20)31-11-21(33,12-31)22(23,24)25/h4-8,10,33H,3,9,11-12H2,1-2H3,(H2,26,27,28,29,30). The first kappa shape index (κ1) is 24.0. The fourth-order valence-corrected chi connectivity index (χ4v) is 4.12. The highest BCUT2D eigenvalue weighted by Crippen LogP contribution is 2.40. The van der Waals surface area contributed by atoms with Crippen LogP contribution >= 0.6 is 11.8 Å². The van der Waals surface area contributed by atoms with Crippen LogP contribution in [0.25, 0.3) is 0 Å². The molecule has 1 aliphatic heterocycles. The Morgan fingerprint density at radius 2 is 1.91 bits per heavy atom. The molecule has 3 aromatic rings. The van der Waals surface area contributed by atoms with Gasteiger partial charge in [-0.1, -0.05) is 19.1 Å². The molecule has 0 unspecified atom stereocenters. The number of aromatic nitrogens is 4. The predicted octanol–water partition coefficient (Wildman–Crippen LogP) is 4.04. The lowest BCUT2D eigenvalue weighted by atomic mass is 9.93. The average molecular weight is 493 g/mol. The van der Waals surface area contributed by atoms with Gasteiger partial charge in [-0.15, -0.1) is 0 Å². The second-order valence-corrected chi connectivity index (χ2v) is 9.20. The second kappa shape index (κ2) is 9.26. The summed E-state index contributed by atoms with van der Waals surface area (Å²) in [5.41, 5.74) is -1.04. The Labute approximate surface area is 198 Å². The number of nitrogens with zero attached hydrogens (tertiary/aromatic N) is 4. The highest BCUT2D eigenvalue weighted by atomic mass is 32.2. The van der Waals surface area contributed by atoms with E-state index in [0.717, 1.165) is 16.2 Å². The number of carbonyl (C=O) groups excluding carboxylic acids is 1. The molecule has 34 heavy (non-hydrogen) atoms. The maximum absolute atomic E-state index is 13.1. The summed E-state index contributed by atoms with van der Waals surface area (Å²) in [7, 11) is 0. The lowest BCUT2D eigenvalue weighted by Gasteiger charge is -2.47. The fraction of sp³-hybridized carbons (Fsp3) is 0.364. The van der Waals surface area contributed by atoms with E-state index in [0.29, 0.717) is 29.6 Å². The quantitative estimate of drug-likeness (QED) is 0.405. The van der Waals surface area contributed by atoms with Gasteiger partial charge in [-0.05, 0) is 36.4 Å². The number of ketones is 1. The molecule has 1 aliphatic rings. The van der Waals surface area contributed by atoms with Crippen molar-refractivity contribution in [3.05, 3.63) is 47.7 Å². The van der Waals surface area contributed by atoms with Gasteiger partial charge in [-0.3, -0.25) is 9.89 Å². The molecule has 0 saturated carbocycles. The van der Waals surface area contributed by atoms with Gasteiger partial charge in [0.1, 0.15) is 17.4 Å². The van der Waals surface area contributed by atoms with Gasteiger partial charge in [-0.2, -0.15) is 18.3 Å². The van der Waals surface area contributed by atoms with E-state index in [1.54, 1.807) is 6.07 Å². The van der Waals surface area contributed by atoms with Crippen molar-refractivity contribution in [1.82, 2.24) is 20.2 Å². The smallest absolute Gasteiger partial charge is 0.378 e. The lowest BCUT2D eigenvalue weighted by Crippen LogP contribution is -2.69. The highest BCUT2D eigenvalue weighted by Gasteiger charge is 2.61. The van der Waals surface area contributed by atoms with Gasteiger partial charge in [0, 0.05) is 35.6 Å². The van der Waals surface area contributed by atoms with Crippen LogP contribution in [0.3, 0.4) is 0 Å². The first-order chi connectivity index (χ1) is 16.0. The van der Waals surface area contributed by atoms with E-state index < -0.39 is 24.9 Å². The minimum Gasteiger partial charge on any atom is -0.378 e. The van der Waals surface area contributed by atoms with Crippen LogP contribution < -0.4 is 10.2 Å². The molecule has 0 radical (unpaired) electrons. The summed E-state index contributed by atoms with van der Waals surface area (Å²) in [4.78, 5) is 22.7. The number of H-pyrrole nitrogens is 1. The molecular weight excluding hydrogens is 469 g/mol. The summed E-state index contributed by atoms with van der Waals surface area (Å²) in [6, 6.07) is 10.7. The van der Waals surface area contributed by atoms with E-state index in [1.165, 1.54) is 22.7 Å². The molecular formula is C22H23F3N6O2S. The zero-order valence-corrected chi connectivity index (χ0v) is 19.3. The van der Waals surface area contributed by atoms with Crippen LogP contribution in [0.5, 0.6) is 0 Å². The number of aromatic amines is 1. The number of aryl methyl sites for hydroxylation is 1. The Balaban J connectivity index is 1.56. The van der Waals surface area contributed by atoms with Crippen molar-refractivity contribution in [1.29, 1.82) is 0 Å². The first-order valence-corrected chi connectivity index (χ1v) is 11.4. The predicted molar refractivity (Wildman–Crippen MR) is 121 cm³/mol. The van der Waals surface area contributed by atoms with Crippen molar-refractivity contribution in [2.24, 2.45) is 0 Å². The number of aliphatic hydroxyl groups is 1. The van der Waals surface area contributed by atoms with Gasteiger partial charge < -0.3 is 15.3 Å². The molecule has 1 saturated heterocycles. The molecule has 12 heteroatoms. The fourth-order valence-electron chi connectivity index (χ4n) is 3.36. The summed E-state index contributed by atoms with van der Waals surface area (Å²) >= 11 is 1.24. The molecule has 0 spiro atoms. The van der Waals surface area contributed by atoms with Crippen LogP contribution in [0.1, 0.15) is 24.6 Å². The molecule has 180 valence electrons. The van der Waals surface area contributed by atoms with Crippen LogP contribution in [0.2, 0.25) is 0 Å². The maximum atomic E-state index is 13.1. The average Bonchev–Trinajstić information content (AvgIpc) is 3.16. The number of hydrogen-bond donors (Lipinski definition) is 3. The Morgan fingerprint density at radius 1 is 1.21 bits per heavy atom. The highest BCUT2D eigenvalue weighted by molar-refractivity contribution is 7.99. The number of anilines is 3. The van der Waals surface area contributed by atoms with E-state index in [9.17, 15) is 23.1 Å². The van der Waals surface area contributed by atoms with Crippen LogP contribution in [0.4, 0.5) is 30.6 Å². The topological polar surface area (TPSA) is 107 Å². The molecule has 8 nitrogen and oxygen atoms in total. The van der Waals surface area contributed by atoms with Crippen molar-refractivity contribution in [3.63, 3.8) is 0 Å². The number of β-amino-alcohol motifs (C(OH)–C–C–N with tert-alkyl or cyclic N) is 1. The molecule has 4 rings (SSSR count). The summed E-state index contributed by atoms with van der Waals surface area (Å²) in [5, 5.41) is 20.1. The van der Waals surface area contributed by atoms with Gasteiger partial charge in [0.25, 0.3) is 0 Å². The second-order valence-electron chi connectivity index (χ2n) is 8.16. The van der Waals surface area contributed by atoms with Crippen molar-refractivity contribution in [3.8, 4) is 0 Å². The van der Waals surface area contributed by atoms with Crippen LogP contribution in [-0.2, 0) is 11.2 Å². The molecule has 0 bridgehead atoms. The zero-order chi connectivity index (χ0) is 24.5. The number of nitrogens with one attached hydrogen (secondary N) is 2. The Bertz CT molecular complexity index is 1180. The van der Waals surface area contributed by atoms with E-state index >= 15 is 0 Å². The summed E-state index contributed by atoms with van der Waals surface area (Å²) in [6.07, 6.45) is -3.88. The van der Waals surface area contributed by atoms with Crippen molar-refractivity contribution < 1.29 is 23.1 Å². The molecule has 0 aliphatic carbocycles. The molecule has 2 aromatic heterocycles. The van der Waals surface area contributed by atoms with E-state index in [1.807, 2.05) is 38.1 Å². The number of halogens is 3. The molecule has 3 heterocycles. The van der Waals surface area contributed by atoms with Gasteiger partial charge in [0.15, 0.2) is 16.6 Å². The van der Waals surface area contributed by atoms with Crippen LogP contribution in [0.15, 0.2) is 46.5 Å². The molecule has 0 amide bonds. The third-order valence-corrected chi connectivity index (χ3v) is 6.21.